The van der Waals surface area contributed by atoms with Gasteiger partial charge in [0.1, 0.15) is 18.9 Å². The maximum absolute atomic E-state index is 9.21. The third kappa shape index (κ3) is 4.34. The minimum absolute atomic E-state index is 0.0651. The number of anilines is 1. The van der Waals surface area contributed by atoms with Crippen molar-refractivity contribution in [3.05, 3.63) is 84.3 Å². The lowest BCUT2D eigenvalue weighted by atomic mass is 10.3. The minimum Gasteiger partial charge on any atom is -0.491 e. The number of nitrogens with zero attached hydrogens (tertiary/aromatic N) is 2. The third-order valence-corrected chi connectivity index (χ3v) is 5.05. The van der Waals surface area contributed by atoms with E-state index >= 15 is 0 Å². The molecule has 1 aromatic heterocycles. The molecule has 2 aromatic carbocycles. The van der Waals surface area contributed by atoms with E-state index in [4.69, 9.17) is 13.9 Å². The van der Waals surface area contributed by atoms with Crippen molar-refractivity contribution in [2.24, 2.45) is 0 Å². The molecule has 1 aliphatic rings. The number of aliphatic hydroxyl groups excluding tert-OH is 1. The number of aryl methyl sites for hydroxylation is 1. The molecule has 0 spiro atoms. The van der Waals surface area contributed by atoms with Crippen LogP contribution in [-0.4, -0.2) is 24.9 Å². The topological polar surface area (TPSA) is 59.0 Å². The average molecular weight is 420 g/mol. The summed E-state index contributed by atoms with van der Waals surface area (Å²) < 4.78 is 19.8. The number of benzene rings is 2. The molecule has 0 amide bonds. The monoisotopic (exact) mass is 419 g/mol. The molecule has 0 radical (unpaired) electrons. The summed E-state index contributed by atoms with van der Waals surface area (Å²) >= 11 is 0. The summed E-state index contributed by atoms with van der Waals surface area (Å²) in [7, 11) is 0. The van der Waals surface area contributed by atoms with Gasteiger partial charge in [-0.2, -0.15) is 4.57 Å². The number of fused-ring (bicyclic) bond motifs is 2. The van der Waals surface area contributed by atoms with E-state index in [9.17, 15) is 5.11 Å². The van der Waals surface area contributed by atoms with E-state index in [0.29, 0.717) is 5.76 Å². The Balaban J connectivity index is 1.62. The molecule has 0 atom stereocenters. The van der Waals surface area contributed by atoms with E-state index in [1.165, 1.54) is 0 Å². The maximum atomic E-state index is 9.21. The molecule has 1 N–H and O–H groups in total. The van der Waals surface area contributed by atoms with Crippen molar-refractivity contribution < 1.29 is 23.6 Å². The standard InChI is InChI=1S/C25H27N2O4/c1-3-26-20-9-5-7-11-22(20)30-24(26)15-13-19(29-18-17-28)14-16-25-27(4-2)21-10-6-8-12-23(21)31-25/h5-16,28H,3-4,17-18H2,1-2H3/q+1. The molecule has 0 aliphatic carbocycles. The SMILES string of the molecule is CCN1C(=CC=C(C=Cc2oc3ccccc3[n+]2CC)OCCO)Oc2ccccc21. The molecular weight excluding hydrogens is 392 g/mol. The number of hydrogen-bond donors (Lipinski definition) is 1. The van der Waals surface area contributed by atoms with Gasteiger partial charge in [-0.15, -0.1) is 0 Å². The Morgan fingerprint density at radius 1 is 1.13 bits per heavy atom. The van der Waals surface area contributed by atoms with Gasteiger partial charge in [-0.1, -0.05) is 24.3 Å². The first kappa shape index (κ1) is 20.8. The number of allylic oxidation sites excluding steroid dienone is 3. The zero-order valence-electron chi connectivity index (χ0n) is 17.8. The Hall–Kier alpha value is -3.51. The maximum Gasteiger partial charge on any atom is 0.374 e. The van der Waals surface area contributed by atoms with Gasteiger partial charge in [-0.3, -0.25) is 0 Å². The highest BCUT2D eigenvalue weighted by Gasteiger charge is 2.24. The van der Waals surface area contributed by atoms with E-state index in [1.807, 2.05) is 72.8 Å². The van der Waals surface area contributed by atoms with Crippen molar-refractivity contribution in [3.8, 4) is 5.75 Å². The van der Waals surface area contributed by atoms with Gasteiger partial charge in [0.05, 0.1) is 18.4 Å². The number of rotatable bonds is 8. The molecule has 6 nitrogen and oxygen atoms in total. The lowest BCUT2D eigenvalue weighted by molar-refractivity contribution is -0.674. The Bertz CT molecular complexity index is 1140. The first-order chi connectivity index (χ1) is 15.2. The van der Waals surface area contributed by atoms with Crippen LogP contribution in [0.2, 0.25) is 0 Å². The van der Waals surface area contributed by atoms with Crippen LogP contribution >= 0.6 is 0 Å². The normalized spacial score (nSPS) is 15.1. The van der Waals surface area contributed by atoms with Crippen molar-refractivity contribution in [1.29, 1.82) is 0 Å². The molecule has 6 heteroatoms. The molecule has 1 aliphatic heterocycles. The zero-order valence-corrected chi connectivity index (χ0v) is 17.8. The van der Waals surface area contributed by atoms with E-state index in [0.717, 1.165) is 47.4 Å². The molecule has 0 saturated heterocycles. The highest BCUT2D eigenvalue weighted by atomic mass is 16.5. The van der Waals surface area contributed by atoms with Crippen LogP contribution in [0, 0.1) is 0 Å². The summed E-state index contributed by atoms with van der Waals surface area (Å²) in [6.45, 7) is 5.87. The molecule has 0 saturated carbocycles. The second kappa shape index (κ2) is 9.53. The molecule has 3 aromatic rings. The number of hydrogen-bond acceptors (Lipinski definition) is 5. The predicted molar refractivity (Wildman–Crippen MR) is 120 cm³/mol. The Morgan fingerprint density at radius 2 is 1.94 bits per heavy atom. The fourth-order valence-electron chi connectivity index (χ4n) is 3.63. The van der Waals surface area contributed by atoms with E-state index in [2.05, 4.69) is 23.3 Å². The third-order valence-electron chi connectivity index (χ3n) is 5.05. The molecule has 2 heterocycles. The summed E-state index contributed by atoms with van der Waals surface area (Å²) in [5.41, 5.74) is 2.93. The van der Waals surface area contributed by atoms with Crippen molar-refractivity contribution in [2.75, 3.05) is 24.7 Å². The van der Waals surface area contributed by atoms with Gasteiger partial charge < -0.3 is 23.9 Å². The largest absolute Gasteiger partial charge is 0.491 e. The summed E-state index contributed by atoms with van der Waals surface area (Å²) in [5, 5.41) is 9.21. The van der Waals surface area contributed by atoms with E-state index < -0.39 is 0 Å². The lowest BCUT2D eigenvalue weighted by Crippen LogP contribution is -2.33. The smallest absolute Gasteiger partial charge is 0.374 e. The van der Waals surface area contributed by atoms with Crippen LogP contribution in [0.5, 0.6) is 5.75 Å². The van der Waals surface area contributed by atoms with E-state index in [-0.39, 0.29) is 13.2 Å². The Kier molecular flexibility index (Phi) is 6.38. The van der Waals surface area contributed by atoms with Crippen LogP contribution in [0.1, 0.15) is 19.7 Å². The van der Waals surface area contributed by atoms with Crippen molar-refractivity contribution >= 4 is 22.9 Å². The Morgan fingerprint density at radius 3 is 2.74 bits per heavy atom. The number of aromatic nitrogens is 1. The minimum atomic E-state index is -0.0651. The number of aliphatic hydroxyl groups is 1. The second-order valence-corrected chi connectivity index (χ2v) is 6.95. The van der Waals surface area contributed by atoms with Gasteiger partial charge in [0.15, 0.2) is 5.75 Å². The van der Waals surface area contributed by atoms with Crippen LogP contribution in [0.25, 0.3) is 17.2 Å². The molecule has 4 rings (SSSR count). The van der Waals surface area contributed by atoms with Gasteiger partial charge in [-0.25, -0.2) is 0 Å². The van der Waals surface area contributed by atoms with Gasteiger partial charge in [0.2, 0.25) is 11.5 Å². The summed E-state index contributed by atoms with van der Waals surface area (Å²) in [6, 6.07) is 15.9. The second-order valence-electron chi connectivity index (χ2n) is 6.95. The number of para-hydroxylation sites is 4. The van der Waals surface area contributed by atoms with Crippen molar-refractivity contribution in [2.45, 2.75) is 20.4 Å². The molecule has 0 bridgehead atoms. The highest BCUT2D eigenvalue weighted by Crippen LogP contribution is 2.38. The van der Waals surface area contributed by atoms with Crippen LogP contribution < -0.4 is 14.2 Å². The van der Waals surface area contributed by atoms with Gasteiger partial charge >= 0.3 is 5.89 Å². The highest BCUT2D eigenvalue weighted by molar-refractivity contribution is 5.69. The fourth-order valence-corrected chi connectivity index (χ4v) is 3.63. The van der Waals surface area contributed by atoms with Crippen LogP contribution in [-0.2, 0) is 11.3 Å². The van der Waals surface area contributed by atoms with E-state index in [1.54, 1.807) is 0 Å². The van der Waals surface area contributed by atoms with Crippen molar-refractivity contribution in [1.82, 2.24) is 0 Å². The van der Waals surface area contributed by atoms with Crippen LogP contribution in [0.15, 0.2) is 82.8 Å². The predicted octanol–water partition coefficient (Wildman–Crippen LogP) is 4.41. The fraction of sp³-hybridized carbons (Fsp3) is 0.240. The Labute approximate surface area is 181 Å². The molecule has 0 fully saturated rings. The molecule has 31 heavy (non-hydrogen) atoms. The first-order valence-corrected chi connectivity index (χ1v) is 10.5. The molecule has 160 valence electrons. The zero-order chi connectivity index (χ0) is 21.6. The summed E-state index contributed by atoms with van der Waals surface area (Å²) in [5.74, 6) is 2.90. The quantitative estimate of drug-likeness (QED) is 0.333. The lowest BCUT2D eigenvalue weighted by Gasteiger charge is -2.15. The van der Waals surface area contributed by atoms with Gasteiger partial charge in [-0.05, 0) is 44.2 Å². The first-order valence-electron chi connectivity index (χ1n) is 10.5. The van der Waals surface area contributed by atoms with Crippen LogP contribution in [0.4, 0.5) is 5.69 Å². The van der Waals surface area contributed by atoms with Gasteiger partial charge in [0.25, 0.3) is 5.52 Å². The van der Waals surface area contributed by atoms with Crippen LogP contribution in [0.3, 0.4) is 0 Å². The van der Waals surface area contributed by atoms with Gasteiger partial charge in [0, 0.05) is 18.7 Å². The average Bonchev–Trinajstić information content (AvgIpc) is 3.35. The number of oxazole rings is 1. The molecule has 0 unspecified atom stereocenters. The summed E-state index contributed by atoms with van der Waals surface area (Å²) in [4.78, 5) is 2.10. The molecular formula is C25H27N2O4+. The van der Waals surface area contributed by atoms with Crippen molar-refractivity contribution in [3.63, 3.8) is 0 Å². The summed E-state index contributed by atoms with van der Waals surface area (Å²) in [6.07, 6.45) is 7.45. The number of ether oxygens (including phenoxy) is 2.